The summed E-state index contributed by atoms with van der Waals surface area (Å²) in [6.45, 7) is -0.169. The van der Waals surface area contributed by atoms with Crippen molar-refractivity contribution < 1.29 is 27.4 Å². The van der Waals surface area contributed by atoms with Crippen molar-refractivity contribution >= 4 is 27.6 Å². The van der Waals surface area contributed by atoms with E-state index in [1.807, 2.05) is 0 Å². The number of rotatable bonds is 4. The highest BCUT2D eigenvalue weighted by molar-refractivity contribution is 7.88. The topological polar surface area (TPSA) is 83.9 Å². The molecule has 0 aliphatic carbocycles. The molecule has 1 unspecified atom stereocenters. The number of carboxylic acids is 1. The van der Waals surface area contributed by atoms with Crippen molar-refractivity contribution in [2.75, 3.05) is 19.8 Å². The minimum absolute atomic E-state index is 0.0633. The lowest BCUT2D eigenvalue weighted by Crippen LogP contribution is -2.52. The van der Waals surface area contributed by atoms with Crippen LogP contribution in [0.2, 0.25) is 5.02 Å². The molecule has 1 aliphatic heterocycles. The Kier molecular flexibility index (Phi) is 4.82. The van der Waals surface area contributed by atoms with Gasteiger partial charge in [-0.15, -0.1) is 0 Å². The first-order valence-electron chi connectivity index (χ1n) is 6.05. The Labute approximate surface area is 126 Å². The van der Waals surface area contributed by atoms with Crippen molar-refractivity contribution in [2.45, 2.75) is 11.8 Å². The van der Waals surface area contributed by atoms with E-state index in [1.165, 1.54) is 6.07 Å². The van der Waals surface area contributed by atoms with Crippen LogP contribution < -0.4 is 0 Å². The Hall–Kier alpha value is -1.22. The molecule has 1 saturated heterocycles. The highest BCUT2D eigenvalue weighted by Gasteiger charge is 2.37. The van der Waals surface area contributed by atoms with Crippen LogP contribution >= 0.6 is 11.6 Å². The molecule has 1 fully saturated rings. The van der Waals surface area contributed by atoms with Crippen molar-refractivity contribution in [2.24, 2.45) is 0 Å². The van der Waals surface area contributed by atoms with Gasteiger partial charge in [-0.2, -0.15) is 4.31 Å². The van der Waals surface area contributed by atoms with Gasteiger partial charge in [0.05, 0.1) is 19.0 Å². The van der Waals surface area contributed by atoms with Gasteiger partial charge in [0.15, 0.2) is 0 Å². The molecule has 6 nitrogen and oxygen atoms in total. The number of sulfonamides is 1. The number of hydrogen-bond donors (Lipinski definition) is 1. The van der Waals surface area contributed by atoms with Crippen LogP contribution in [0.1, 0.15) is 5.56 Å². The van der Waals surface area contributed by atoms with Crippen LogP contribution in [-0.4, -0.2) is 49.6 Å². The van der Waals surface area contributed by atoms with Gasteiger partial charge in [-0.3, -0.25) is 4.79 Å². The number of halogens is 2. The molecule has 1 heterocycles. The van der Waals surface area contributed by atoms with E-state index in [9.17, 15) is 17.6 Å². The van der Waals surface area contributed by atoms with Crippen LogP contribution in [0.5, 0.6) is 0 Å². The Morgan fingerprint density at radius 2 is 2.24 bits per heavy atom. The van der Waals surface area contributed by atoms with E-state index in [-0.39, 0.29) is 30.3 Å². The Morgan fingerprint density at radius 3 is 2.90 bits per heavy atom. The van der Waals surface area contributed by atoms with Gasteiger partial charge in [0.1, 0.15) is 11.9 Å². The zero-order chi connectivity index (χ0) is 15.6. The van der Waals surface area contributed by atoms with Crippen LogP contribution in [0.4, 0.5) is 4.39 Å². The van der Waals surface area contributed by atoms with Gasteiger partial charge in [-0.05, 0) is 23.8 Å². The van der Waals surface area contributed by atoms with Gasteiger partial charge in [-0.1, -0.05) is 11.6 Å². The zero-order valence-electron chi connectivity index (χ0n) is 10.8. The molecule has 116 valence electrons. The first-order chi connectivity index (χ1) is 9.81. The van der Waals surface area contributed by atoms with Gasteiger partial charge in [0.25, 0.3) is 0 Å². The molecule has 0 amide bonds. The number of carbonyl (C=O) groups is 1. The molecular formula is C12H13ClFNO5S. The van der Waals surface area contributed by atoms with Crippen LogP contribution in [0.3, 0.4) is 0 Å². The number of benzene rings is 1. The summed E-state index contributed by atoms with van der Waals surface area (Å²) in [5.41, 5.74) is 0.0901. The lowest BCUT2D eigenvalue weighted by atomic mass is 10.2. The first kappa shape index (κ1) is 16.2. The van der Waals surface area contributed by atoms with Crippen LogP contribution in [0.15, 0.2) is 18.2 Å². The fraction of sp³-hybridized carbons (Fsp3) is 0.417. The third-order valence-electron chi connectivity index (χ3n) is 3.07. The molecule has 0 aromatic heterocycles. The predicted molar refractivity (Wildman–Crippen MR) is 73.0 cm³/mol. The second kappa shape index (κ2) is 6.27. The van der Waals surface area contributed by atoms with E-state index in [2.05, 4.69) is 0 Å². The Morgan fingerprint density at radius 1 is 1.52 bits per heavy atom. The van der Waals surface area contributed by atoms with Gasteiger partial charge < -0.3 is 9.84 Å². The number of carboxylic acid groups (broad SMARTS) is 1. The molecule has 0 bridgehead atoms. The summed E-state index contributed by atoms with van der Waals surface area (Å²) >= 11 is 5.85. The minimum atomic E-state index is -3.95. The fourth-order valence-electron chi connectivity index (χ4n) is 2.05. The Bertz CT molecular complexity index is 651. The summed E-state index contributed by atoms with van der Waals surface area (Å²) in [6.07, 6.45) is 0. The predicted octanol–water partition coefficient (Wildman–Crippen LogP) is 1.09. The summed E-state index contributed by atoms with van der Waals surface area (Å²) in [5, 5.41) is 9.18. The fourth-order valence-corrected chi connectivity index (χ4v) is 4.00. The van der Waals surface area contributed by atoms with E-state index < -0.39 is 33.6 Å². The molecule has 0 radical (unpaired) electrons. The summed E-state index contributed by atoms with van der Waals surface area (Å²) < 4.78 is 43.8. The molecule has 21 heavy (non-hydrogen) atoms. The molecule has 1 aliphatic rings. The average Bonchev–Trinajstić information content (AvgIpc) is 2.42. The molecule has 1 aromatic carbocycles. The highest BCUT2D eigenvalue weighted by atomic mass is 35.5. The number of hydrogen-bond acceptors (Lipinski definition) is 4. The van der Waals surface area contributed by atoms with Crippen molar-refractivity contribution in [1.29, 1.82) is 0 Å². The quantitative estimate of drug-likeness (QED) is 0.889. The third kappa shape index (κ3) is 3.70. The molecule has 1 aromatic rings. The smallest absolute Gasteiger partial charge is 0.324 e. The van der Waals surface area contributed by atoms with E-state index in [4.69, 9.17) is 21.4 Å². The van der Waals surface area contributed by atoms with E-state index in [0.717, 1.165) is 16.4 Å². The molecular weight excluding hydrogens is 325 g/mol. The van der Waals surface area contributed by atoms with E-state index in [1.54, 1.807) is 0 Å². The van der Waals surface area contributed by atoms with Crippen LogP contribution in [0.25, 0.3) is 0 Å². The molecule has 2 rings (SSSR count). The van der Waals surface area contributed by atoms with Crippen molar-refractivity contribution in [3.8, 4) is 0 Å². The molecule has 9 heteroatoms. The second-order valence-corrected chi connectivity index (χ2v) is 6.86. The molecule has 0 spiro atoms. The van der Waals surface area contributed by atoms with Gasteiger partial charge in [0.2, 0.25) is 10.0 Å². The first-order valence-corrected chi connectivity index (χ1v) is 8.04. The molecule has 1 N–H and O–H groups in total. The number of morpholine rings is 1. The summed E-state index contributed by atoms with van der Waals surface area (Å²) in [4.78, 5) is 11.1. The van der Waals surface area contributed by atoms with E-state index in [0.29, 0.717) is 0 Å². The standard InChI is InChI=1S/C12H13ClFNO5S/c13-10-2-1-9(14)5-8(10)7-21(18,19)15-3-4-20-6-11(15)12(16)17/h1-2,5,11H,3-4,6-7H2,(H,16,17). The maximum atomic E-state index is 13.2. The minimum Gasteiger partial charge on any atom is -0.480 e. The lowest BCUT2D eigenvalue weighted by molar-refractivity contribution is -0.146. The van der Waals surface area contributed by atoms with Crippen molar-refractivity contribution in [3.63, 3.8) is 0 Å². The molecule has 1 atom stereocenters. The van der Waals surface area contributed by atoms with Crippen molar-refractivity contribution in [3.05, 3.63) is 34.6 Å². The van der Waals surface area contributed by atoms with E-state index >= 15 is 0 Å². The molecule has 0 saturated carbocycles. The maximum Gasteiger partial charge on any atom is 0.324 e. The summed E-state index contributed by atoms with van der Waals surface area (Å²) in [6, 6.07) is 2.12. The Balaban J connectivity index is 2.28. The number of aliphatic carboxylic acids is 1. The highest BCUT2D eigenvalue weighted by Crippen LogP contribution is 2.23. The van der Waals surface area contributed by atoms with Crippen LogP contribution in [-0.2, 0) is 25.3 Å². The number of ether oxygens (including phenoxy) is 1. The summed E-state index contributed by atoms with van der Waals surface area (Å²) in [5.74, 6) is -2.46. The monoisotopic (exact) mass is 337 g/mol. The normalized spacial score (nSPS) is 20.4. The second-order valence-electron chi connectivity index (χ2n) is 4.53. The third-order valence-corrected chi connectivity index (χ3v) is 5.26. The SMILES string of the molecule is O=C(O)C1COCCN1S(=O)(=O)Cc1cc(F)ccc1Cl. The lowest BCUT2D eigenvalue weighted by Gasteiger charge is -2.31. The average molecular weight is 338 g/mol. The van der Waals surface area contributed by atoms with Gasteiger partial charge >= 0.3 is 5.97 Å². The zero-order valence-corrected chi connectivity index (χ0v) is 12.4. The van der Waals surface area contributed by atoms with Crippen molar-refractivity contribution in [1.82, 2.24) is 4.31 Å². The van der Waals surface area contributed by atoms with Crippen LogP contribution in [0, 0.1) is 5.82 Å². The largest absolute Gasteiger partial charge is 0.480 e. The van der Waals surface area contributed by atoms with Gasteiger partial charge in [0, 0.05) is 11.6 Å². The maximum absolute atomic E-state index is 13.2. The number of nitrogens with zero attached hydrogens (tertiary/aromatic N) is 1. The summed E-state index contributed by atoms with van der Waals surface area (Å²) in [7, 11) is -3.95. The van der Waals surface area contributed by atoms with Gasteiger partial charge in [-0.25, -0.2) is 12.8 Å².